The molecule has 5 nitrogen and oxygen atoms in total. The summed E-state index contributed by atoms with van der Waals surface area (Å²) < 4.78 is 39.9. The minimum atomic E-state index is -2.93. The van der Waals surface area contributed by atoms with E-state index in [4.69, 9.17) is 9.15 Å². The predicted molar refractivity (Wildman–Crippen MR) is 93.3 cm³/mol. The number of amides is 1. The summed E-state index contributed by atoms with van der Waals surface area (Å²) in [5.74, 6) is 1.42. The van der Waals surface area contributed by atoms with Crippen LogP contribution in [-0.4, -0.2) is 19.1 Å². The minimum absolute atomic E-state index is 0.0470. The van der Waals surface area contributed by atoms with Crippen molar-refractivity contribution < 1.29 is 27.5 Å². The van der Waals surface area contributed by atoms with Crippen LogP contribution in [0.5, 0.6) is 11.5 Å². The maximum atomic E-state index is 12.4. The lowest BCUT2D eigenvalue weighted by Gasteiger charge is -2.11. The Morgan fingerprint density at radius 2 is 2.04 bits per heavy atom. The molecular weight excluding hydrogens is 344 g/mol. The number of furan rings is 1. The molecule has 0 aliphatic rings. The Morgan fingerprint density at radius 1 is 1.27 bits per heavy atom. The third kappa shape index (κ3) is 5.61. The van der Waals surface area contributed by atoms with E-state index in [9.17, 15) is 13.6 Å². The van der Waals surface area contributed by atoms with Crippen LogP contribution in [0.2, 0.25) is 0 Å². The summed E-state index contributed by atoms with van der Waals surface area (Å²) in [6.45, 7) is 3.14. The van der Waals surface area contributed by atoms with Gasteiger partial charge in [-0.25, -0.2) is 0 Å². The Morgan fingerprint density at radius 3 is 2.65 bits per heavy atom. The lowest BCUT2D eigenvalue weighted by molar-refractivity contribution is -0.116. The second kappa shape index (κ2) is 9.03. The van der Waals surface area contributed by atoms with Gasteiger partial charge < -0.3 is 19.2 Å². The summed E-state index contributed by atoms with van der Waals surface area (Å²) in [5.41, 5.74) is 1.54. The zero-order valence-electron chi connectivity index (χ0n) is 14.8. The molecule has 2 rings (SSSR count). The first-order valence-corrected chi connectivity index (χ1v) is 8.12. The van der Waals surface area contributed by atoms with E-state index in [-0.39, 0.29) is 17.4 Å². The highest BCUT2D eigenvalue weighted by atomic mass is 19.3. The van der Waals surface area contributed by atoms with Crippen molar-refractivity contribution in [3.8, 4) is 11.5 Å². The van der Waals surface area contributed by atoms with Crippen molar-refractivity contribution in [3.63, 3.8) is 0 Å². The Balaban J connectivity index is 2.00. The number of benzene rings is 1. The molecule has 0 atom stereocenters. The average Bonchev–Trinajstić information content (AvgIpc) is 2.90. The third-order valence-corrected chi connectivity index (χ3v) is 3.51. The number of carbonyl (C=O) groups excluding carboxylic acids is 1. The first-order chi connectivity index (χ1) is 12.4. The van der Waals surface area contributed by atoms with Gasteiger partial charge in [0.05, 0.1) is 6.61 Å². The molecule has 0 spiro atoms. The molecule has 0 bridgehead atoms. The van der Waals surface area contributed by atoms with Gasteiger partial charge in [0.2, 0.25) is 5.91 Å². The van der Waals surface area contributed by atoms with Crippen molar-refractivity contribution >= 4 is 12.0 Å². The van der Waals surface area contributed by atoms with Crippen LogP contribution in [0.1, 0.15) is 29.6 Å². The fourth-order valence-corrected chi connectivity index (χ4v) is 2.36. The van der Waals surface area contributed by atoms with Crippen LogP contribution in [0.25, 0.3) is 6.08 Å². The smallest absolute Gasteiger partial charge is 0.387 e. The SMILES string of the molecule is CCOc1cc(/C=C/C(=O)NCc2cc(C)oc2C)ccc1OC(F)F. The number of hydrogen-bond donors (Lipinski definition) is 1. The minimum Gasteiger partial charge on any atom is -0.490 e. The van der Waals surface area contributed by atoms with E-state index < -0.39 is 6.61 Å². The normalized spacial score (nSPS) is 11.2. The number of carbonyl (C=O) groups is 1. The van der Waals surface area contributed by atoms with Crippen LogP contribution in [0.3, 0.4) is 0 Å². The van der Waals surface area contributed by atoms with Crippen molar-refractivity contribution in [1.82, 2.24) is 5.32 Å². The molecule has 0 aliphatic heterocycles. The van der Waals surface area contributed by atoms with Gasteiger partial charge in [0.25, 0.3) is 0 Å². The monoisotopic (exact) mass is 365 g/mol. The zero-order valence-corrected chi connectivity index (χ0v) is 14.8. The molecule has 0 saturated carbocycles. The lowest BCUT2D eigenvalue weighted by Crippen LogP contribution is -2.20. The molecule has 1 heterocycles. The lowest BCUT2D eigenvalue weighted by atomic mass is 10.2. The molecule has 0 fully saturated rings. The molecule has 0 aliphatic carbocycles. The first kappa shape index (κ1) is 19.5. The predicted octanol–water partition coefficient (Wildman–Crippen LogP) is 4.23. The molecule has 1 N–H and O–H groups in total. The van der Waals surface area contributed by atoms with Crippen molar-refractivity contribution in [2.24, 2.45) is 0 Å². The Labute approximate surface area is 150 Å². The molecule has 1 aromatic carbocycles. The Hall–Kier alpha value is -2.83. The topological polar surface area (TPSA) is 60.7 Å². The van der Waals surface area contributed by atoms with Crippen LogP contribution < -0.4 is 14.8 Å². The van der Waals surface area contributed by atoms with Crippen LogP contribution in [0.15, 0.2) is 34.8 Å². The maximum absolute atomic E-state index is 12.4. The summed E-state index contributed by atoms with van der Waals surface area (Å²) in [4.78, 5) is 11.9. The molecule has 1 aromatic heterocycles. The number of alkyl halides is 2. The number of rotatable bonds is 8. The highest BCUT2D eigenvalue weighted by Crippen LogP contribution is 2.30. The molecule has 0 unspecified atom stereocenters. The summed E-state index contributed by atoms with van der Waals surface area (Å²) >= 11 is 0. The van der Waals surface area contributed by atoms with Gasteiger partial charge in [0.1, 0.15) is 11.5 Å². The van der Waals surface area contributed by atoms with E-state index in [1.807, 2.05) is 19.9 Å². The second-order valence-corrected chi connectivity index (χ2v) is 5.51. The number of halogens is 2. The van der Waals surface area contributed by atoms with E-state index in [1.54, 1.807) is 19.1 Å². The van der Waals surface area contributed by atoms with E-state index in [2.05, 4.69) is 10.1 Å². The van der Waals surface area contributed by atoms with Crippen molar-refractivity contribution in [3.05, 3.63) is 53.0 Å². The molecule has 7 heteroatoms. The van der Waals surface area contributed by atoms with E-state index in [0.717, 1.165) is 17.1 Å². The number of nitrogens with one attached hydrogen (secondary N) is 1. The third-order valence-electron chi connectivity index (χ3n) is 3.51. The van der Waals surface area contributed by atoms with Crippen molar-refractivity contribution in [1.29, 1.82) is 0 Å². The highest BCUT2D eigenvalue weighted by Gasteiger charge is 2.11. The van der Waals surface area contributed by atoms with Gasteiger partial charge in [-0.05, 0) is 50.6 Å². The fourth-order valence-electron chi connectivity index (χ4n) is 2.36. The van der Waals surface area contributed by atoms with Crippen molar-refractivity contribution in [2.75, 3.05) is 6.61 Å². The van der Waals surface area contributed by atoms with E-state index in [1.165, 1.54) is 18.2 Å². The largest absolute Gasteiger partial charge is 0.490 e. The molecular formula is C19H21F2NO4. The van der Waals surface area contributed by atoms with Crippen LogP contribution >= 0.6 is 0 Å². The quantitative estimate of drug-likeness (QED) is 0.712. The zero-order chi connectivity index (χ0) is 19.1. The highest BCUT2D eigenvalue weighted by molar-refractivity contribution is 5.91. The Bertz CT molecular complexity index is 784. The molecule has 140 valence electrons. The molecule has 2 aromatic rings. The Kier molecular flexibility index (Phi) is 6.77. The van der Waals surface area contributed by atoms with Crippen LogP contribution in [0.4, 0.5) is 8.78 Å². The summed E-state index contributed by atoms with van der Waals surface area (Å²) in [7, 11) is 0. The summed E-state index contributed by atoms with van der Waals surface area (Å²) in [5, 5.41) is 2.76. The van der Waals surface area contributed by atoms with Gasteiger partial charge in [0, 0.05) is 18.2 Å². The standard InChI is InChI=1S/C19H21F2NO4/c1-4-24-17-10-14(5-7-16(17)26-19(20)21)6-8-18(23)22-11-15-9-12(2)25-13(15)3/h5-10,19H,4,11H2,1-3H3,(H,22,23)/b8-6+. The van der Waals surface area contributed by atoms with Gasteiger partial charge >= 0.3 is 6.61 Å². The van der Waals surface area contributed by atoms with Crippen LogP contribution in [0, 0.1) is 13.8 Å². The molecule has 1 amide bonds. The van der Waals surface area contributed by atoms with E-state index in [0.29, 0.717) is 18.7 Å². The van der Waals surface area contributed by atoms with Gasteiger partial charge in [-0.15, -0.1) is 0 Å². The van der Waals surface area contributed by atoms with Gasteiger partial charge in [-0.2, -0.15) is 8.78 Å². The van der Waals surface area contributed by atoms with Gasteiger partial charge in [-0.3, -0.25) is 4.79 Å². The van der Waals surface area contributed by atoms with Crippen molar-refractivity contribution in [2.45, 2.75) is 33.9 Å². The molecule has 0 saturated heterocycles. The first-order valence-electron chi connectivity index (χ1n) is 8.12. The maximum Gasteiger partial charge on any atom is 0.387 e. The van der Waals surface area contributed by atoms with E-state index >= 15 is 0 Å². The van der Waals surface area contributed by atoms with Gasteiger partial charge in [-0.1, -0.05) is 6.07 Å². The van der Waals surface area contributed by atoms with Crippen LogP contribution in [-0.2, 0) is 11.3 Å². The number of aryl methyl sites for hydroxylation is 2. The summed E-state index contributed by atoms with van der Waals surface area (Å²) in [6.07, 6.45) is 2.93. The molecule has 0 radical (unpaired) electrons. The fraction of sp³-hybridized carbons (Fsp3) is 0.316. The molecule has 26 heavy (non-hydrogen) atoms. The summed E-state index contributed by atoms with van der Waals surface area (Å²) in [6, 6.07) is 6.35. The average molecular weight is 365 g/mol. The number of hydrogen-bond acceptors (Lipinski definition) is 4. The number of ether oxygens (including phenoxy) is 2. The second-order valence-electron chi connectivity index (χ2n) is 5.51. The van der Waals surface area contributed by atoms with Gasteiger partial charge in [0.15, 0.2) is 11.5 Å².